The van der Waals surface area contributed by atoms with Crippen molar-refractivity contribution in [2.24, 2.45) is 0 Å². The number of rotatable bonds is 5. The molecule has 0 unspecified atom stereocenters. The maximum atomic E-state index is 12.2. The van der Waals surface area contributed by atoms with Gasteiger partial charge in [0.15, 0.2) is 0 Å². The summed E-state index contributed by atoms with van der Waals surface area (Å²) >= 11 is 3.03. The van der Waals surface area contributed by atoms with Gasteiger partial charge in [0.1, 0.15) is 6.61 Å². The molecule has 2 rings (SSSR count). The minimum Gasteiger partial charge on any atom is -0.447 e. The van der Waals surface area contributed by atoms with Crippen molar-refractivity contribution in [1.82, 2.24) is 4.90 Å². The molecule has 1 N–H and O–H groups in total. The van der Waals surface area contributed by atoms with Crippen LogP contribution >= 0.6 is 15.9 Å². The van der Waals surface area contributed by atoms with Crippen molar-refractivity contribution >= 4 is 27.9 Å². The van der Waals surface area contributed by atoms with Crippen LogP contribution < -0.4 is 0 Å². The Labute approximate surface area is 131 Å². The highest BCUT2D eigenvalue weighted by atomic mass is 79.9. The highest BCUT2D eigenvalue weighted by Gasteiger charge is 2.38. The van der Waals surface area contributed by atoms with Crippen LogP contribution in [0, 0.1) is 0 Å². The number of hydrogen-bond donors (Lipinski definition) is 1. The lowest BCUT2D eigenvalue weighted by Crippen LogP contribution is -2.41. The predicted molar refractivity (Wildman–Crippen MR) is 80.8 cm³/mol. The molecule has 5 nitrogen and oxygen atoms in total. The normalized spacial score (nSPS) is 19.2. The van der Waals surface area contributed by atoms with Crippen LogP contribution in [0.5, 0.6) is 0 Å². The summed E-state index contributed by atoms with van der Waals surface area (Å²) in [5, 5.41) is 9.67. The van der Waals surface area contributed by atoms with E-state index in [0.29, 0.717) is 10.9 Å². The highest BCUT2D eigenvalue weighted by Crippen LogP contribution is 2.20. The molecule has 0 saturated carbocycles. The summed E-state index contributed by atoms with van der Waals surface area (Å²) < 4.78 is 5.27. The van der Waals surface area contributed by atoms with Gasteiger partial charge >= 0.3 is 6.09 Å². The van der Waals surface area contributed by atoms with E-state index < -0.39 is 18.1 Å². The number of imide groups is 1. The van der Waals surface area contributed by atoms with Crippen LogP contribution in [-0.4, -0.2) is 40.8 Å². The van der Waals surface area contributed by atoms with Gasteiger partial charge in [-0.05, 0) is 12.0 Å². The molecular formula is C15H16BrNO4. The quantitative estimate of drug-likeness (QED) is 0.881. The van der Waals surface area contributed by atoms with Crippen molar-refractivity contribution < 1.29 is 19.4 Å². The van der Waals surface area contributed by atoms with Crippen LogP contribution in [0.25, 0.3) is 0 Å². The molecule has 0 spiro atoms. The van der Waals surface area contributed by atoms with Gasteiger partial charge in [-0.25, -0.2) is 9.69 Å². The number of amides is 2. The second-order valence-corrected chi connectivity index (χ2v) is 5.87. The lowest BCUT2D eigenvalue weighted by Gasteiger charge is -2.21. The number of ether oxygens (including phenoxy) is 1. The Morgan fingerprint density at radius 1 is 1.48 bits per heavy atom. The molecule has 1 heterocycles. The minimum absolute atomic E-state index is 0.171. The zero-order chi connectivity index (χ0) is 15.4. The molecule has 1 fully saturated rings. The molecule has 21 heavy (non-hydrogen) atoms. The standard InChI is InChI=1S/C15H16BrNO4/c1-10(16)13(18)8-14(19)17-12(9-21-15(17)20)7-11-5-3-2-4-6-11/h2-6,12-13,18H,1,7-9H2/t12-,13-/m0/s1. The largest absolute Gasteiger partial charge is 0.447 e. The van der Waals surface area contributed by atoms with Gasteiger partial charge in [-0.1, -0.05) is 52.8 Å². The first-order valence-corrected chi connectivity index (χ1v) is 7.33. The van der Waals surface area contributed by atoms with E-state index in [-0.39, 0.29) is 19.1 Å². The molecule has 1 aromatic rings. The fraction of sp³-hybridized carbons (Fsp3) is 0.333. The average molecular weight is 354 g/mol. The van der Waals surface area contributed by atoms with Gasteiger partial charge in [0, 0.05) is 4.48 Å². The minimum atomic E-state index is -1.02. The van der Waals surface area contributed by atoms with Crippen LogP contribution in [-0.2, 0) is 16.0 Å². The van der Waals surface area contributed by atoms with E-state index in [0.717, 1.165) is 10.5 Å². The van der Waals surface area contributed by atoms with E-state index in [4.69, 9.17) is 4.74 Å². The Hall–Kier alpha value is -1.66. The maximum absolute atomic E-state index is 12.2. The summed E-state index contributed by atoms with van der Waals surface area (Å²) in [6.45, 7) is 3.69. The van der Waals surface area contributed by atoms with Crippen molar-refractivity contribution in [2.75, 3.05) is 6.61 Å². The second kappa shape index (κ2) is 6.87. The van der Waals surface area contributed by atoms with Gasteiger partial charge in [-0.15, -0.1) is 0 Å². The van der Waals surface area contributed by atoms with Crippen LogP contribution in [0.2, 0.25) is 0 Å². The SMILES string of the molecule is C=C(Br)[C@@H](O)CC(=O)N1C(=O)OC[C@@H]1Cc1ccccc1. The first-order chi connectivity index (χ1) is 9.99. The van der Waals surface area contributed by atoms with E-state index in [1.165, 1.54) is 0 Å². The summed E-state index contributed by atoms with van der Waals surface area (Å²) in [5.74, 6) is -0.466. The Bertz CT molecular complexity index is 546. The molecule has 2 atom stereocenters. The number of carbonyl (C=O) groups is 2. The fourth-order valence-corrected chi connectivity index (χ4v) is 2.34. The number of carbonyl (C=O) groups excluding carboxylic acids is 2. The molecule has 1 aromatic carbocycles. The van der Waals surface area contributed by atoms with Crippen LogP contribution in [0.4, 0.5) is 4.79 Å². The third-order valence-corrected chi connectivity index (χ3v) is 3.80. The zero-order valence-electron chi connectivity index (χ0n) is 11.4. The fourth-order valence-electron chi connectivity index (χ4n) is 2.18. The zero-order valence-corrected chi connectivity index (χ0v) is 13.0. The highest BCUT2D eigenvalue weighted by molar-refractivity contribution is 9.11. The van der Waals surface area contributed by atoms with Crippen molar-refractivity contribution in [1.29, 1.82) is 0 Å². The molecule has 1 aliphatic rings. The third-order valence-electron chi connectivity index (χ3n) is 3.27. The predicted octanol–water partition coefficient (Wildman–Crippen LogP) is 2.24. The van der Waals surface area contributed by atoms with Crippen molar-refractivity contribution in [3.8, 4) is 0 Å². The van der Waals surface area contributed by atoms with E-state index in [1.54, 1.807) is 0 Å². The Morgan fingerprint density at radius 3 is 2.76 bits per heavy atom. The first kappa shape index (κ1) is 15.7. The van der Waals surface area contributed by atoms with Crippen LogP contribution in [0.1, 0.15) is 12.0 Å². The van der Waals surface area contributed by atoms with E-state index in [2.05, 4.69) is 22.5 Å². The van der Waals surface area contributed by atoms with Gasteiger partial charge in [0.25, 0.3) is 0 Å². The van der Waals surface area contributed by atoms with Gasteiger partial charge in [0.05, 0.1) is 18.6 Å². The molecular weight excluding hydrogens is 338 g/mol. The number of hydrogen-bond acceptors (Lipinski definition) is 4. The summed E-state index contributed by atoms with van der Waals surface area (Å²) in [6.07, 6.45) is -1.36. The molecule has 6 heteroatoms. The number of halogens is 1. The first-order valence-electron chi connectivity index (χ1n) is 6.54. The number of nitrogens with zero attached hydrogens (tertiary/aromatic N) is 1. The van der Waals surface area contributed by atoms with Crippen molar-refractivity contribution in [3.05, 3.63) is 47.0 Å². The number of cyclic esters (lactones) is 1. The molecule has 112 valence electrons. The van der Waals surface area contributed by atoms with Gasteiger partial charge in [-0.3, -0.25) is 4.79 Å². The number of aliphatic hydroxyl groups is 1. The summed E-state index contributed by atoms with van der Waals surface area (Å²) in [4.78, 5) is 25.0. The van der Waals surface area contributed by atoms with Gasteiger partial charge in [0.2, 0.25) is 5.91 Å². The molecule has 0 aromatic heterocycles. The Balaban J connectivity index is 2.06. The van der Waals surface area contributed by atoms with Crippen LogP contribution in [0.3, 0.4) is 0 Å². The molecule has 0 radical (unpaired) electrons. The van der Waals surface area contributed by atoms with E-state index in [9.17, 15) is 14.7 Å². The number of aliphatic hydroxyl groups excluding tert-OH is 1. The van der Waals surface area contributed by atoms with Gasteiger partial charge < -0.3 is 9.84 Å². The Morgan fingerprint density at radius 2 is 2.14 bits per heavy atom. The van der Waals surface area contributed by atoms with Crippen molar-refractivity contribution in [3.63, 3.8) is 0 Å². The molecule has 0 aliphatic carbocycles. The van der Waals surface area contributed by atoms with E-state index >= 15 is 0 Å². The van der Waals surface area contributed by atoms with E-state index in [1.807, 2.05) is 30.3 Å². The molecule has 1 aliphatic heterocycles. The summed E-state index contributed by atoms with van der Waals surface area (Å²) in [6, 6.07) is 9.22. The number of benzene rings is 1. The summed E-state index contributed by atoms with van der Waals surface area (Å²) in [7, 11) is 0. The third kappa shape index (κ3) is 3.92. The van der Waals surface area contributed by atoms with Gasteiger partial charge in [-0.2, -0.15) is 0 Å². The smallest absolute Gasteiger partial charge is 0.416 e. The summed E-state index contributed by atoms with van der Waals surface area (Å²) in [5.41, 5.74) is 1.02. The van der Waals surface area contributed by atoms with Crippen LogP contribution in [0.15, 0.2) is 41.4 Å². The molecule has 2 amide bonds. The average Bonchev–Trinajstić information content (AvgIpc) is 2.80. The van der Waals surface area contributed by atoms with Crippen molar-refractivity contribution in [2.45, 2.75) is 25.0 Å². The lowest BCUT2D eigenvalue weighted by molar-refractivity contribution is -0.130. The lowest BCUT2D eigenvalue weighted by atomic mass is 10.1. The molecule has 0 bridgehead atoms. The molecule has 1 saturated heterocycles. The maximum Gasteiger partial charge on any atom is 0.416 e. The monoisotopic (exact) mass is 353 g/mol. The topological polar surface area (TPSA) is 66.8 Å². The Kier molecular flexibility index (Phi) is 5.14. The second-order valence-electron chi connectivity index (χ2n) is 4.85.